The zero-order valence-electron chi connectivity index (χ0n) is 10.5. The Morgan fingerprint density at radius 1 is 1.39 bits per heavy atom. The average Bonchev–Trinajstić information content (AvgIpc) is 2.24. The topological polar surface area (TPSA) is 88.0 Å². The first-order valence-corrected chi connectivity index (χ1v) is 5.09. The molecule has 0 aromatic carbocycles. The number of halogens is 2. The van der Waals surface area contributed by atoms with E-state index in [0.717, 1.165) is 6.92 Å². The highest BCUT2D eigenvalue weighted by Gasteiger charge is 2.47. The van der Waals surface area contributed by atoms with Crippen molar-refractivity contribution in [2.75, 3.05) is 7.05 Å². The quantitative estimate of drug-likeness (QED) is 0.261. The Bertz CT molecular complexity index is 356. The van der Waals surface area contributed by atoms with Crippen molar-refractivity contribution < 1.29 is 28.3 Å². The Morgan fingerprint density at radius 3 is 2.17 bits per heavy atom. The summed E-state index contributed by atoms with van der Waals surface area (Å²) in [7, 11) is 1.20. The van der Waals surface area contributed by atoms with Gasteiger partial charge >= 0.3 is 5.97 Å². The van der Waals surface area contributed by atoms with Crippen molar-refractivity contribution in [3.05, 3.63) is 0 Å². The van der Waals surface area contributed by atoms with Crippen LogP contribution in [-0.4, -0.2) is 36.5 Å². The maximum Gasteiger partial charge on any atom is 0.309 e. The summed E-state index contributed by atoms with van der Waals surface area (Å²) in [6.45, 7) is 3.46. The van der Waals surface area contributed by atoms with Crippen molar-refractivity contribution >= 4 is 17.8 Å². The minimum absolute atomic E-state index is 0.635. The van der Waals surface area contributed by atoms with Gasteiger partial charge in [0.2, 0.25) is 11.8 Å². The van der Waals surface area contributed by atoms with E-state index in [-0.39, 0.29) is 0 Å². The van der Waals surface area contributed by atoms with Crippen molar-refractivity contribution in [3.63, 3.8) is 0 Å². The molecule has 0 aliphatic carbocycles. The van der Waals surface area contributed by atoms with Gasteiger partial charge in [-0.15, -0.1) is 0 Å². The maximum absolute atomic E-state index is 12.9. The standard InChI is InChI=1S/C10H16F2N2O4/c1-5(15)18-9(14-17)10(2,3)6(7(11)12)8(16)13-4/h6-7,17H,1-4H3,(H,13,16). The summed E-state index contributed by atoms with van der Waals surface area (Å²) in [5.41, 5.74) is -1.64. The number of oxime groups is 1. The van der Waals surface area contributed by atoms with Gasteiger partial charge in [0.1, 0.15) is 5.92 Å². The molecule has 0 aliphatic rings. The van der Waals surface area contributed by atoms with Crippen LogP contribution in [0, 0.1) is 11.3 Å². The third-order valence-corrected chi connectivity index (χ3v) is 2.44. The summed E-state index contributed by atoms with van der Waals surface area (Å²) in [4.78, 5) is 22.2. The molecular weight excluding hydrogens is 250 g/mol. The molecule has 2 N–H and O–H groups in total. The number of nitrogens with zero attached hydrogens (tertiary/aromatic N) is 1. The van der Waals surface area contributed by atoms with Gasteiger partial charge in [0, 0.05) is 14.0 Å². The predicted octanol–water partition coefficient (Wildman–Crippen LogP) is 0.991. The zero-order valence-corrected chi connectivity index (χ0v) is 10.5. The third-order valence-electron chi connectivity index (χ3n) is 2.44. The number of esters is 1. The van der Waals surface area contributed by atoms with Crippen LogP contribution in [-0.2, 0) is 14.3 Å². The second kappa shape index (κ2) is 6.27. The van der Waals surface area contributed by atoms with Crippen molar-refractivity contribution in [3.8, 4) is 0 Å². The molecule has 0 aromatic heterocycles. The van der Waals surface area contributed by atoms with Crippen molar-refractivity contribution in [2.24, 2.45) is 16.5 Å². The van der Waals surface area contributed by atoms with Gasteiger partial charge in [0.15, 0.2) is 0 Å². The smallest absolute Gasteiger partial charge is 0.309 e. The van der Waals surface area contributed by atoms with Crippen LogP contribution in [0.4, 0.5) is 8.78 Å². The van der Waals surface area contributed by atoms with Crippen LogP contribution >= 0.6 is 0 Å². The first-order valence-electron chi connectivity index (χ1n) is 5.09. The van der Waals surface area contributed by atoms with Gasteiger partial charge in [-0.25, -0.2) is 8.78 Å². The molecule has 1 unspecified atom stereocenters. The fraction of sp³-hybridized carbons (Fsp3) is 0.700. The largest absolute Gasteiger partial charge is 0.408 e. The highest BCUT2D eigenvalue weighted by Crippen LogP contribution is 2.34. The summed E-state index contributed by atoms with van der Waals surface area (Å²) in [5.74, 6) is -4.22. The number of carbonyl (C=O) groups is 2. The van der Waals surface area contributed by atoms with E-state index in [2.05, 4.69) is 15.2 Å². The molecule has 0 fully saturated rings. The molecule has 0 heterocycles. The molecule has 0 bridgehead atoms. The van der Waals surface area contributed by atoms with E-state index in [1.165, 1.54) is 20.9 Å². The molecule has 8 heteroatoms. The van der Waals surface area contributed by atoms with Gasteiger partial charge in [-0.1, -0.05) is 19.0 Å². The lowest BCUT2D eigenvalue weighted by Gasteiger charge is -2.31. The number of ether oxygens (including phenoxy) is 1. The number of nitrogens with one attached hydrogen (secondary N) is 1. The molecule has 0 saturated carbocycles. The van der Waals surface area contributed by atoms with E-state index < -0.39 is 35.5 Å². The van der Waals surface area contributed by atoms with Crippen LogP contribution in [0.2, 0.25) is 0 Å². The second-order valence-electron chi connectivity index (χ2n) is 4.15. The molecule has 18 heavy (non-hydrogen) atoms. The van der Waals surface area contributed by atoms with E-state index in [1.54, 1.807) is 0 Å². The second-order valence-corrected chi connectivity index (χ2v) is 4.15. The zero-order chi connectivity index (χ0) is 14.5. The summed E-state index contributed by atoms with van der Waals surface area (Å²) < 4.78 is 30.4. The lowest BCUT2D eigenvalue weighted by atomic mass is 9.78. The van der Waals surface area contributed by atoms with E-state index in [4.69, 9.17) is 5.21 Å². The minimum atomic E-state index is -3.01. The molecule has 0 radical (unpaired) electrons. The maximum atomic E-state index is 12.9. The van der Waals surface area contributed by atoms with Crippen LogP contribution in [0.1, 0.15) is 20.8 Å². The number of carbonyl (C=O) groups excluding carboxylic acids is 2. The van der Waals surface area contributed by atoms with Crippen molar-refractivity contribution in [1.29, 1.82) is 0 Å². The molecule has 0 aromatic rings. The van der Waals surface area contributed by atoms with Crippen LogP contribution in [0.15, 0.2) is 5.16 Å². The molecule has 104 valence electrons. The highest BCUT2D eigenvalue weighted by molar-refractivity contribution is 5.95. The molecule has 0 saturated heterocycles. The van der Waals surface area contributed by atoms with Gasteiger partial charge in [0.25, 0.3) is 6.43 Å². The van der Waals surface area contributed by atoms with Gasteiger partial charge in [-0.2, -0.15) is 0 Å². The minimum Gasteiger partial charge on any atom is -0.408 e. The predicted molar refractivity (Wildman–Crippen MR) is 58.3 cm³/mol. The fourth-order valence-electron chi connectivity index (χ4n) is 1.46. The van der Waals surface area contributed by atoms with Crippen LogP contribution in [0.5, 0.6) is 0 Å². The van der Waals surface area contributed by atoms with Crippen LogP contribution in [0.3, 0.4) is 0 Å². The normalized spacial score (nSPS) is 14.3. The monoisotopic (exact) mass is 266 g/mol. The number of rotatable bonds is 4. The Hall–Kier alpha value is -1.73. The summed E-state index contributed by atoms with van der Waals surface area (Å²) in [6.07, 6.45) is -3.01. The van der Waals surface area contributed by atoms with Gasteiger partial charge in [0.05, 0.1) is 5.41 Å². The molecule has 0 spiro atoms. The number of alkyl halides is 2. The third kappa shape index (κ3) is 3.64. The van der Waals surface area contributed by atoms with Crippen molar-refractivity contribution in [2.45, 2.75) is 27.2 Å². The van der Waals surface area contributed by atoms with E-state index in [0.29, 0.717) is 0 Å². The molecule has 1 amide bonds. The average molecular weight is 266 g/mol. The lowest BCUT2D eigenvalue weighted by Crippen LogP contribution is -2.47. The summed E-state index contributed by atoms with van der Waals surface area (Å²) in [6, 6.07) is 0. The number of amides is 1. The summed E-state index contributed by atoms with van der Waals surface area (Å²) in [5, 5.41) is 13.5. The lowest BCUT2D eigenvalue weighted by molar-refractivity contribution is -0.138. The molecule has 0 rings (SSSR count). The Labute approximate surface area is 103 Å². The number of hydrogen-bond acceptors (Lipinski definition) is 5. The van der Waals surface area contributed by atoms with Gasteiger partial charge in [-0.3, -0.25) is 9.59 Å². The highest BCUT2D eigenvalue weighted by atomic mass is 19.3. The van der Waals surface area contributed by atoms with E-state index in [1.807, 2.05) is 0 Å². The molecule has 6 nitrogen and oxygen atoms in total. The van der Waals surface area contributed by atoms with Crippen molar-refractivity contribution in [1.82, 2.24) is 5.32 Å². The van der Waals surface area contributed by atoms with Gasteiger partial charge < -0.3 is 15.3 Å². The Kier molecular flexibility index (Phi) is 5.67. The first kappa shape index (κ1) is 16.3. The van der Waals surface area contributed by atoms with Crippen LogP contribution < -0.4 is 5.32 Å². The SMILES string of the molecule is CNC(=O)C(C(F)F)C(C)(C)C(=NO)OC(C)=O. The first-order chi connectivity index (χ1) is 8.18. The van der Waals surface area contributed by atoms with Gasteiger partial charge in [-0.05, 0) is 0 Å². The fourth-order valence-corrected chi connectivity index (χ4v) is 1.46. The summed E-state index contributed by atoms with van der Waals surface area (Å²) >= 11 is 0. The van der Waals surface area contributed by atoms with E-state index >= 15 is 0 Å². The van der Waals surface area contributed by atoms with Crippen LogP contribution in [0.25, 0.3) is 0 Å². The molecule has 0 aliphatic heterocycles. The Balaban J connectivity index is 5.40. The Morgan fingerprint density at radius 2 is 1.89 bits per heavy atom. The molecule has 1 atom stereocenters. The van der Waals surface area contributed by atoms with E-state index in [9.17, 15) is 18.4 Å². The number of hydrogen-bond donors (Lipinski definition) is 2. The molecular formula is C10H16F2N2O4.